The van der Waals surface area contributed by atoms with Gasteiger partial charge in [-0.05, 0) is 25.1 Å². The molecule has 1 aromatic carbocycles. The summed E-state index contributed by atoms with van der Waals surface area (Å²) >= 11 is 17.5. The Bertz CT molecular complexity index is 551. The molecule has 0 spiro atoms. The Morgan fingerprint density at radius 3 is 2.37 bits per heavy atom. The number of benzene rings is 1. The van der Waals surface area contributed by atoms with Crippen molar-refractivity contribution in [1.29, 1.82) is 0 Å². The molecule has 0 fully saturated rings. The number of rotatable bonds is 6. The van der Waals surface area contributed by atoms with E-state index in [4.69, 9.17) is 40.5 Å². The standard InChI is InChI=1S/C10H14Cl3N3O2S/c1-16(4-2-3-14)19(17,18)15-10-6-8(12)7(11)5-9(10)13/h5-6,15H,2-4,14H2,1H3. The molecule has 9 heteroatoms. The van der Waals surface area contributed by atoms with Gasteiger partial charge in [-0.1, -0.05) is 34.8 Å². The fourth-order valence-electron chi connectivity index (χ4n) is 1.25. The molecule has 0 heterocycles. The van der Waals surface area contributed by atoms with E-state index in [1.807, 2.05) is 0 Å². The zero-order valence-electron chi connectivity index (χ0n) is 10.2. The molecule has 0 atom stereocenters. The van der Waals surface area contributed by atoms with Crippen molar-refractivity contribution in [1.82, 2.24) is 4.31 Å². The van der Waals surface area contributed by atoms with Gasteiger partial charge in [0, 0.05) is 13.6 Å². The van der Waals surface area contributed by atoms with Crippen molar-refractivity contribution in [2.24, 2.45) is 5.73 Å². The zero-order valence-corrected chi connectivity index (χ0v) is 13.2. The van der Waals surface area contributed by atoms with Gasteiger partial charge in [-0.2, -0.15) is 12.7 Å². The number of halogens is 3. The molecule has 0 amide bonds. The molecule has 19 heavy (non-hydrogen) atoms. The van der Waals surface area contributed by atoms with Crippen molar-refractivity contribution >= 4 is 50.7 Å². The number of nitrogens with two attached hydrogens (primary N) is 1. The Labute approximate surface area is 127 Å². The van der Waals surface area contributed by atoms with Crippen LogP contribution in [0.25, 0.3) is 0 Å². The van der Waals surface area contributed by atoms with Crippen LogP contribution in [0, 0.1) is 0 Å². The first-order valence-corrected chi connectivity index (χ1v) is 7.94. The second-order valence-electron chi connectivity index (χ2n) is 3.82. The summed E-state index contributed by atoms with van der Waals surface area (Å²) in [6.07, 6.45) is 0.562. The zero-order chi connectivity index (χ0) is 14.6. The first-order chi connectivity index (χ1) is 8.77. The molecule has 0 saturated heterocycles. The van der Waals surface area contributed by atoms with Gasteiger partial charge in [0.2, 0.25) is 0 Å². The van der Waals surface area contributed by atoms with E-state index in [9.17, 15) is 8.42 Å². The lowest BCUT2D eigenvalue weighted by molar-refractivity contribution is 0.468. The van der Waals surface area contributed by atoms with Crippen molar-refractivity contribution < 1.29 is 8.42 Å². The van der Waals surface area contributed by atoms with E-state index < -0.39 is 10.2 Å². The van der Waals surface area contributed by atoms with Crippen molar-refractivity contribution in [2.45, 2.75) is 6.42 Å². The third-order valence-electron chi connectivity index (χ3n) is 2.34. The summed E-state index contributed by atoms with van der Waals surface area (Å²) in [6.45, 7) is 0.720. The van der Waals surface area contributed by atoms with Crippen LogP contribution < -0.4 is 10.5 Å². The SMILES string of the molecule is CN(CCCN)S(=O)(=O)Nc1cc(Cl)c(Cl)cc1Cl. The van der Waals surface area contributed by atoms with Crippen LogP contribution in [0.1, 0.15) is 6.42 Å². The molecule has 0 saturated carbocycles. The number of hydrogen-bond acceptors (Lipinski definition) is 3. The van der Waals surface area contributed by atoms with Crippen LogP contribution >= 0.6 is 34.8 Å². The fraction of sp³-hybridized carbons (Fsp3) is 0.400. The Balaban J connectivity index is 2.92. The smallest absolute Gasteiger partial charge is 0.301 e. The van der Waals surface area contributed by atoms with Crippen LogP contribution in [0.3, 0.4) is 0 Å². The average molecular weight is 347 g/mol. The predicted octanol–water partition coefficient (Wildman–Crippen LogP) is 2.58. The molecule has 1 rings (SSSR count). The maximum Gasteiger partial charge on any atom is 0.301 e. The highest BCUT2D eigenvalue weighted by Crippen LogP contribution is 2.32. The number of hydrogen-bond donors (Lipinski definition) is 2. The van der Waals surface area contributed by atoms with E-state index in [0.29, 0.717) is 19.5 Å². The molecular formula is C10H14Cl3N3O2S. The average Bonchev–Trinajstić information content (AvgIpc) is 2.32. The van der Waals surface area contributed by atoms with Gasteiger partial charge in [0.25, 0.3) is 0 Å². The lowest BCUT2D eigenvalue weighted by Gasteiger charge is -2.18. The van der Waals surface area contributed by atoms with Gasteiger partial charge in [-0.25, -0.2) is 0 Å². The van der Waals surface area contributed by atoms with Gasteiger partial charge in [-0.3, -0.25) is 4.72 Å². The van der Waals surface area contributed by atoms with Crippen molar-refractivity contribution in [2.75, 3.05) is 24.9 Å². The maximum atomic E-state index is 12.0. The molecule has 0 radical (unpaired) electrons. The van der Waals surface area contributed by atoms with E-state index in [0.717, 1.165) is 4.31 Å². The highest BCUT2D eigenvalue weighted by molar-refractivity contribution is 7.90. The van der Waals surface area contributed by atoms with Gasteiger partial charge >= 0.3 is 10.2 Å². The van der Waals surface area contributed by atoms with E-state index in [1.54, 1.807) is 0 Å². The van der Waals surface area contributed by atoms with Crippen molar-refractivity contribution in [3.05, 3.63) is 27.2 Å². The Kier molecular flexibility index (Phi) is 6.16. The first-order valence-electron chi connectivity index (χ1n) is 5.36. The van der Waals surface area contributed by atoms with Gasteiger partial charge in [0.1, 0.15) is 0 Å². The van der Waals surface area contributed by atoms with Crippen LogP contribution in [0.15, 0.2) is 12.1 Å². The first kappa shape index (κ1) is 16.8. The minimum Gasteiger partial charge on any atom is -0.330 e. The summed E-state index contributed by atoms with van der Waals surface area (Å²) in [6, 6.07) is 2.74. The topological polar surface area (TPSA) is 75.4 Å². The summed E-state index contributed by atoms with van der Waals surface area (Å²) in [7, 11) is -2.25. The summed E-state index contributed by atoms with van der Waals surface area (Å²) < 4.78 is 27.5. The summed E-state index contributed by atoms with van der Waals surface area (Å²) in [5, 5.41) is 0.643. The quantitative estimate of drug-likeness (QED) is 0.777. The second-order valence-corrected chi connectivity index (χ2v) is 6.82. The van der Waals surface area contributed by atoms with Crippen LogP contribution in [-0.4, -0.2) is 32.9 Å². The van der Waals surface area contributed by atoms with Gasteiger partial charge in [-0.15, -0.1) is 0 Å². The summed E-state index contributed by atoms with van der Waals surface area (Å²) in [5.74, 6) is 0. The van der Waals surface area contributed by atoms with Crippen LogP contribution in [0.5, 0.6) is 0 Å². The van der Waals surface area contributed by atoms with Crippen molar-refractivity contribution in [3.8, 4) is 0 Å². The van der Waals surface area contributed by atoms with Crippen molar-refractivity contribution in [3.63, 3.8) is 0 Å². The lowest BCUT2D eigenvalue weighted by Crippen LogP contribution is -2.34. The third kappa shape index (κ3) is 4.66. The highest BCUT2D eigenvalue weighted by atomic mass is 35.5. The van der Waals surface area contributed by atoms with Crippen LogP contribution in [0.4, 0.5) is 5.69 Å². The molecule has 0 aliphatic carbocycles. The van der Waals surface area contributed by atoms with Crippen LogP contribution in [-0.2, 0) is 10.2 Å². The number of nitrogens with one attached hydrogen (secondary N) is 1. The summed E-state index contributed by atoms with van der Waals surface area (Å²) in [4.78, 5) is 0. The molecular weight excluding hydrogens is 333 g/mol. The Morgan fingerprint density at radius 2 is 1.79 bits per heavy atom. The van der Waals surface area contributed by atoms with E-state index >= 15 is 0 Å². The normalized spacial score (nSPS) is 11.9. The lowest BCUT2D eigenvalue weighted by atomic mass is 10.3. The van der Waals surface area contributed by atoms with E-state index in [-0.39, 0.29) is 20.8 Å². The molecule has 0 bridgehead atoms. The van der Waals surface area contributed by atoms with E-state index in [1.165, 1.54) is 19.2 Å². The molecule has 3 N–H and O–H groups in total. The highest BCUT2D eigenvalue weighted by Gasteiger charge is 2.19. The minimum absolute atomic E-state index is 0.171. The van der Waals surface area contributed by atoms with Gasteiger partial charge in [0.15, 0.2) is 0 Å². The molecule has 0 aliphatic heterocycles. The van der Waals surface area contributed by atoms with E-state index in [2.05, 4.69) is 4.72 Å². The molecule has 5 nitrogen and oxygen atoms in total. The Morgan fingerprint density at radius 1 is 1.21 bits per heavy atom. The predicted molar refractivity (Wildman–Crippen MR) is 80.3 cm³/mol. The number of anilines is 1. The molecule has 0 aromatic heterocycles. The second kappa shape index (κ2) is 6.97. The van der Waals surface area contributed by atoms with Crippen LogP contribution in [0.2, 0.25) is 15.1 Å². The number of nitrogens with zero attached hydrogens (tertiary/aromatic N) is 1. The molecule has 1 aromatic rings. The fourth-order valence-corrected chi connectivity index (χ4v) is 2.87. The maximum absolute atomic E-state index is 12.0. The minimum atomic E-state index is -3.70. The largest absolute Gasteiger partial charge is 0.330 e. The van der Waals surface area contributed by atoms with Gasteiger partial charge in [0.05, 0.1) is 20.8 Å². The Hall–Kier alpha value is -0.240. The monoisotopic (exact) mass is 345 g/mol. The molecule has 108 valence electrons. The summed E-state index contributed by atoms with van der Waals surface area (Å²) in [5.41, 5.74) is 5.51. The third-order valence-corrected chi connectivity index (χ3v) is 4.85. The molecule has 0 unspecified atom stereocenters. The van der Waals surface area contributed by atoms with Gasteiger partial charge < -0.3 is 5.73 Å². The molecule has 0 aliphatic rings.